The van der Waals surface area contributed by atoms with Gasteiger partial charge >= 0.3 is 0 Å². The van der Waals surface area contributed by atoms with Crippen molar-refractivity contribution < 1.29 is 4.39 Å². The first-order valence-corrected chi connectivity index (χ1v) is 8.05. The Morgan fingerprint density at radius 2 is 2.11 bits per heavy atom. The van der Waals surface area contributed by atoms with Crippen molar-refractivity contribution in [3.8, 4) is 10.6 Å². The van der Waals surface area contributed by atoms with Crippen LogP contribution in [-0.4, -0.2) is 4.98 Å². The number of hydrogen-bond donors (Lipinski definition) is 0. The first-order chi connectivity index (χ1) is 8.78. The fourth-order valence-corrected chi connectivity index (χ4v) is 4.02. The Kier molecular flexibility index (Phi) is 3.48. The lowest BCUT2D eigenvalue weighted by Crippen LogP contribution is -1.99. The minimum Gasteiger partial charge on any atom is -0.241 e. The van der Waals surface area contributed by atoms with E-state index in [4.69, 9.17) is 4.98 Å². The normalized spacial score (nSPS) is 14.6. The molecule has 1 aromatic heterocycles. The summed E-state index contributed by atoms with van der Waals surface area (Å²) >= 11 is 5.18. The molecule has 0 spiro atoms. The molecule has 0 saturated heterocycles. The van der Waals surface area contributed by atoms with Gasteiger partial charge in [-0.3, -0.25) is 0 Å². The van der Waals surface area contributed by atoms with Gasteiger partial charge in [0.2, 0.25) is 0 Å². The molecular formula is C14H13BrFNS. The van der Waals surface area contributed by atoms with Crippen molar-refractivity contribution in [1.29, 1.82) is 0 Å². The highest BCUT2D eigenvalue weighted by atomic mass is 79.9. The van der Waals surface area contributed by atoms with Gasteiger partial charge in [-0.1, -0.05) is 22.0 Å². The maximum atomic E-state index is 13.4. The predicted molar refractivity (Wildman–Crippen MR) is 76.8 cm³/mol. The van der Waals surface area contributed by atoms with Crippen LogP contribution in [0, 0.1) is 5.82 Å². The van der Waals surface area contributed by atoms with E-state index >= 15 is 0 Å². The molecule has 1 aromatic carbocycles. The van der Waals surface area contributed by atoms with Crippen LogP contribution in [-0.2, 0) is 18.2 Å². The zero-order chi connectivity index (χ0) is 12.5. The highest BCUT2D eigenvalue weighted by Crippen LogP contribution is 2.35. The first-order valence-electron chi connectivity index (χ1n) is 6.11. The molecule has 2 aromatic rings. The maximum Gasteiger partial charge on any atom is 0.124 e. The minimum absolute atomic E-state index is 0.192. The second kappa shape index (κ2) is 5.10. The van der Waals surface area contributed by atoms with Crippen molar-refractivity contribution in [2.75, 3.05) is 0 Å². The van der Waals surface area contributed by atoms with Gasteiger partial charge in [-0.05, 0) is 43.4 Å². The summed E-state index contributed by atoms with van der Waals surface area (Å²) in [4.78, 5) is 6.09. The van der Waals surface area contributed by atoms with Gasteiger partial charge in [-0.15, -0.1) is 11.3 Å². The standard InChI is InChI=1S/C14H13BrFNS/c15-8-9-5-6-10(16)7-11(9)14-17-12-3-1-2-4-13(12)18-14/h5-7H,1-4,8H2. The maximum absolute atomic E-state index is 13.4. The Morgan fingerprint density at radius 3 is 2.89 bits per heavy atom. The van der Waals surface area contributed by atoms with Crippen LogP contribution >= 0.6 is 27.3 Å². The largest absolute Gasteiger partial charge is 0.241 e. The van der Waals surface area contributed by atoms with E-state index in [0.29, 0.717) is 0 Å². The number of nitrogens with zero attached hydrogens (tertiary/aromatic N) is 1. The molecule has 94 valence electrons. The van der Waals surface area contributed by atoms with E-state index in [9.17, 15) is 4.39 Å². The molecule has 0 atom stereocenters. The fourth-order valence-electron chi connectivity index (χ4n) is 2.33. The van der Waals surface area contributed by atoms with Gasteiger partial charge in [-0.25, -0.2) is 9.37 Å². The molecule has 0 N–H and O–H groups in total. The summed E-state index contributed by atoms with van der Waals surface area (Å²) in [5.74, 6) is -0.192. The van der Waals surface area contributed by atoms with E-state index in [1.165, 1.54) is 29.5 Å². The Labute approximate surface area is 118 Å². The summed E-state index contributed by atoms with van der Waals surface area (Å²) in [6.07, 6.45) is 4.68. The van der Waals surface area contributed by atoms with Crippen molar-refractivity contribution in [2.45, 2.75) is 31.0 Å². The Morgan fingerprint density at radius 1 is 1.28 bits per heavy atom. The number of hydrogen-bond acceptors (Lipinski definition) is 2. The number of alkyl halides is 1. The molecule has 0 saturated carbocycles. The molecule has 0 fully saturated rings. The van der Waals surface area contributed by atoms with E-state index in [0.717, 1.165) is 34.3 Å². The molecular weight excluding hydrogens is 313 g/mol. The van der Waals surface area contributed by atoms with E-state index in [-0.39, 0.29) is 5.82 Å². The molecule has 18 heavy (non-hydrogen) atoms. The van der Waals surface area contributed by atoms with Gasteiger partial charge in [0.25, 0.3) is 0 Å². The van der Waals surface area contributed by atoms with E-state index in [2.05, 4.69) is 15.9 Å². The van der Waals surface area contributed by atoms with Crippen LogP contribution in [0.1, 0.15) is 29.0 Å². The number of aryl methyl sites for hydroxylation is 2. The summed E-state index contributed by atoms with van der Waals surface area (Å²) in [6.45, 7) is 0. The third-order valence-electron chi connectivity index (χ3n) is 3.29. The van der Waals surface area contributed by atoms with E-state index < -0.39 is 0 Å². The molecule has 4 heteroatoms. The SMILES string of the molecule is Fc1ccc(CBr)c(-c2nc3c(s2)CCCC3)c1. The van der Waals surface area contributed by atoms with Crippen LogP contribution < -0.4 is 0 Å². The van der Waals surface area contributed by atoms with Crippen molar-refractivity contribution in [3.63, 3.8) is 0 Å². The van der Waals surface area contributed by atoms with Gasteiger partial charge < -0.3 is 0 Å². The van der Waals surface area contributed by atoms with Gasteiger partial charge in [0.1, 0.15) is 10.8 Å². The molecule has 0 aliphatic heterocycles. The van der Waals surface area contributed by atoms with Gasteiger partial charge in [-0.2, -0.15) is 0 Å². The highest BCUT2D eigenvalue weighted by molar-refractivity contribution is 9.08. The summed E-state index contributed by atoms with van der Waals surface area (Å²) in [6, 6.07) is 4.94. The number of aromatic nitrogens is 1. The molecule has 0 radical (unpaired) electrons. The third kappa shape index (κ3) is 2.24. The second-order valence-electron chi connectivity index (χ2n) is 4.53. The average molecular weight is 326 g/mol. The number of rotatable bonds is 2. The Hall–Kier alpha value is -0.740. The molecule has 0 bridgehead atoms. The topological polar surface area (TPSA) is 12.9 Å². The Balaban J connectivity index is 2.08. The van der Waals surface area contributed by atoms with Crippen molar-refractivity contribution in [2.24, 2.45) is 0 Å². The lowest BCUT2D eigenvalue weighted by Gasteiger charge is -2.06. The summed E-state index contributed by atoms with van der Waals surface area (Å²) in [5.41, 5.74) is 3.26. The van der Waals surface area contributed by atoms with Crippen LogP contribution in [0.2, 0.25) is 0 Å². The monoisotopic (exact) mass is 325 g/mol. The Bertz CT molecular complexity index is 556. The molecule has 1 nitrogen and oxygen atoms in total. The minimum atomic E-state index is -0.192. The van der Waals surface area contributed by atoms with Crippen LogP contribution in [0.3, 0.4) is 0 Å². The molecule has 1 heterocycles. The van der Waals surface area contributed by atoms with Crippen LogP contribution in [0.25, 0.3) is 10.6 Å². The molecule has 0 amide bonds. The quantitative estimate of drug-likeness (QED) is 0.728. The third-order valence-corrected chi connectivity index (χ3v) is 5.09. The zero-order valence-corrected chi connectivity index (χ0v) is 12.3. The summed E-state index contributed by atoms with van der Waals surface area (Å²) < 4.78 is 13.4. The van der Waals surface area contributed by atoms with Crippen LogP contribution in [0.15, 0.2) is 18.2 Å². The smallest absolute Gasteiger partial charge is 0.124 e. The first kappa shape index (κ1) is 12.3. The second-order valence-corrected chi connectivity index (χ2v) is 6.18. The molecule has 1 aliphatic carbocycles. The molecule has 3 rings (SSSR count). The van der Waals surface area contributed by atoms with Gasteiger partial charge in [0, 0.05) is 15.8 Å². The lowest BCUT2D eigenvalue weighted by molar-refractivity contribution is 0.628. The molecule has 1 aliphatic rings. The molecule has 0 unspecified atom stereocenters. The lowest BCUT2D eigenvalue weighted by atomic mass is 10.0. The average Bonchev–Trinajstić information content (AvgIpc) is 2.82. The zero-order valence-electron chi connectivity index (χ0n) is 9.88. The van der Waals surface area contributed by atoms with Crippen molar-refractivity contribution in [1.82, 2.24) is 4.98 Å². The number of benzene rings is 1. The van der Waals surface area contributed by atoms with Crippen LogP contribution in [0.5, 0.6) is 0 Å². The van der Waals surface area contributed by atoms with Gasteiger partial charge in [0.15, 0.2) is 0 Å². The van der Waals surface area contributed by atoms with E-state index in [1.807, 2.05) is 6.07 Å². The summed E-state index contributed by atoms with van der Waals surface area (Å²) in [7, 11) is 0. The fraction of sp³-hybridized carbons (Fsp3) is 0.357. The predicted octanol–water partition coefficient (Wildman–Crippen LogP) is 4.72. The van der Waals surface area contributed by atoms with Gasteiger partial charge in [0.05, 0.1) is 5.69 Å². The number of fused-ring (bicyclic) bond motifs is 1. The highest BCUT2D eigenvalue weighted by Gasteiger charge is 2.17. The number of halogens is 2. The van der Waals surface area contributed by atoms with E-state index in [1.54, 1.807) is 17.4 Å². The van der Waals surface area contributed by atoms with Crippen molar-refractivity contribution in [3.05, 3.63) is 40.2 Å². The number of thiazole rings is 1. The van der Waals surface area contributed by atoms with Crippen molar-refractivity contribution >= 4 is 27.3 Å². The van der Waals surface area contributed by atoms with Crippen LogP contribution in [0.4, 0.5) is 4.39 Å². The summed E-state index contributed by atoms with van der Waals surface area (Å²) in [5, 5.41) is 1.70.